The van der Waals surface area contributed by atoms with Gasteiger partial charge in [0.2, 0.25) is 0 Å². The molecule has 0 aliphatic carbocycles. The van der Waals surface area contributed by atoms with Crippen LogP contribution in [0.5, 0.6) is 11.5 Å². The molecule has 0 atom stereocenters. The fourth-order valence-electron chi connectivity index (χ4n) is 4.27. The summed E-state index contributed by atoms with van der Waals surface area (Å²) in [6.45, 7) is 8.84. The summed E-state index contributed by atoms with van der Waals surface area (Å²) >= 11 is 0. The molecule has 0 aliphatic rings. The minimum absolute atomic E-state index is 0.331. The van der Waals surface area contributed by atoms with Crippen molar-refractivity contribution in [2.45, 2.75) is 33.1 Å². The standard InChI is InChI=1S/C31H32O4/c1-4-33-27-18-16-23-12-6-8-14-25(23)29(27)30-26-15-9-7-13-24(26)17-19-28(30)34-20-10-5-11-21-35-31(32)22(2)3/h6-9,12-19H,2,4-5,10-11,20-21H2,1,3H3. The van der Waals surface area contributed by atoms with E-state index in [2.05, 4.69) is 79.4 Å². The Balaban J connectivity index is 1.62. The van der Waals surface area contributed by atoms with Gasteiger partial charge in [-0.15, -0.1) is 0 Å². The van der Waals surface area contributed by atoms with E-state index in [9.17, 15) is 4.79 Å². The van der Waals surface area contributed by atoms with Crippen LogP contribution in [0.4, 0.5) is 0 Å². The average Bonchev–Trinajstić information content (AvgIpc) is 2.88. The van der Waals surface area contributed by atoms with E-state index in [1.807, 2.05) is 6.92 Å². The summed E-state index contributed by atoms with van der Waals surface area (Å²) in [5, 5.41) is 4.59. The first kappa shape index (κ1) is 24.3. The summed E-state index contributed by atoms with van der Waals surface area (Å²) in [5.74, 6) is 1.36. The Kier molecular flexibility index (Phi) is 8.04. The number of hydrogen-bond donors (Lipinski definition) is 0. The van der Waals surface area contributed by atoms with E-state index >= 15 is 0 Å². The minimum atomic E-state index is -0.331. The van der Waals surface area contributed by atoms with Crippen molar-refractivity contribution < 1.29 is 19.0 Å². The van der Waals surface area contributed by atoms with Crippen molar-refractivity contribution in [3.8, 4) is 22.6 Å². The molecule has 4 aromatic carbocycles. The van der Waals surface area contributed by atoms with Gasteiger partial charge in [0.25, 0.3) is 0 Å². The topological polar surface area (TPSA) is 44.8 Å². The van der Waals surface area contributed by atoms with Gasteiger partial charge in [-0.25, -0.2) is 4.79 Å². The number of ether oxygens (including phenoxy) is 3. The van der Waals surface area contributed by atoms with E-state index in [4.69, 9.17) is 14.2 Å². The molecule has 4 nitrogen and oxygen atoms in total. The maximum atomic E-state index is 11.5. The quantitative estimate of drug-likeness (QED) is 0.128. The number of fused-ring (bicyclic) bond motifs is 2. The summed E-state index contributed by atoms with van der Waals surface area (Å²) in [5.41, 5.74) is 2.54. The Morgan fingerprint density at radius 1 is 0.714 bits per heavy atom. The molecule has 0 N–H and O–H groups in total. The molecule has 0 unspecified atom stereocenters. The predicted octanol–water partition coefficient (Wildman–Crippen LogP) is 7.73. The fraction of sp³-hybridized carbons (Fsp3) is 0.258. The summed E-state index contributed by atoms with van der Waals surface area (Å²) in [4.78, 5) is 11.5. The molecule has 0 heterocycles. The number of benzene rings is 4. The average molecular weight is 469 g/mol. The maximum Gasteiger partial charge on any atom is 0.333 e. The van der Waals surface area contributed by atoms with Crippen molar-refractivity contribution in [2.75, 3.05) is 19.8 Å². The van der Waals surface area contributed by atoms with Crippen LogP contribution in [0.25, 0.3) is 32.7 Å². The van der Waals surface area contributed by atoms with E-state index in [-0.39, 0.29) is 5.97 Å². The molecule has 180 valence electrons. The van der Waals surface area contributed by atoms with Crippen LogP contribution in [0.2, 0.25) is 0 Å². The van der Waals surface area contributed by atoms with E-state index in [0.717, 1.165) is 63.4 Å². The molecule has 0 aromatic heterocycles. The number of carbonyl (C=O) groups is 1. The zero-order chi connectivity index (χ0) is 24.6. The summed E-state index contributed by atoms with van der Waals surface area (Å²) in [6.07, 6.45) is 2.57. The molecule has 0 fully saturated rings. The van der Waals surface area contributed by atoms with Crippen molar-refractivity contribution in [3.63, 3.8) is 0 Å². The molecule has 0 bridgehead atoms. The third-order valence-electron chi connectivity index (χ3n) is 5.96. The van der Waals surface area contributed by atoms with Gasteiger partial charge in [0, 0.05) is 16.7 Å². The fourth-order valence-corrected chi connectivity index (χ4v) is 4.27. The van der Waals surface area contributed by atoms with Crippen molar-refractivity contribution in [3.05, 3.63) is 84.9 Å². The number of hydrogen-bond acceptors (Lipinski definition) is 4. The van der Waals surface area contributed by atoms with Crippen LogP contribution in [0.15, 0.2) is 84.9 Å². The second-order valence-corrected chi connectivity index (χ2v) is 8.58. The first-order valence-corrected chi connectivity index (χ1v) is 12.2. The molecule has 4 aromatic rings. The minimum Gasteiger partial charge on any atom is -0.493 e. The second-order valence-electron chi connectivity index (χ2n) is 8.58. The second kappa shape index (κ2) is 11.6. The molecule has 35 heavy (non-hydrogen) atoms. The molecule has 0 saturated carbocycles. The number of unbranched alkanes of at least 4 members (excludes halogenated alkanes) is 2. The lowest BCUT2D eigenvalue weighted by Gasteiger charge is -2.19. The van der Waals surface area contributed by atoms with E-state index in [1.165, 1.54) is 0 Å². The zero-order valence-corrected chi connectivity index (χ0v) is 20.5. The third kappa shape index (κ3) is 5.65. The molecule has 0 radical (unpaired) electrons. The third-order valence-corrected chi connectivity index (χ3v) is 5.96. The smallest absolute Gasteiger partial charge is 0.333 e. The lowest BCUT2D eigenvalue weighted by atomic mass is 9.92. The van der Waals surface area contributed by atoms with Gasteiger partial charge in [0.15, 0.2) is 0 Å². The first-order valence-electron chi connectivity index (χ1n) is 12.2. The van der Waals surface area contributed by atoms with Gasteiger partial charge >= 0.3 is 5.97 Å². The highest BCUT2D eigenvalue weighted by atomic mass is 16.5. The van der Waals surface area contributed by atoms with Crippen LogP contribution in [0.3, 0.4) is 0 Å². The van der Waals surface area contributed by atoms with Crippen LogP contribution in [-0.2, 0) is 9.53 Å². The molecular formula is C31H32O4. The Morgan fingerprint density at radius 3 is 1.83 bits per heavy atom. The number of carbonyl (C=O) groups excluding carboxylic acids is 1. The van der Waals surface area contributed by atoms with Gasteiger partial charge in [-0.1, -0.05) is 67.2 Å². The van der Waals surface area contributed by atoms with Gasteiger partial charge in [-0.3, -0.25) is 0 Å². The van der Waals surface area contributed by atoms with Crippen LogP contribution in [0.1, 0.15) is 33.1 Å². The zero-order valence-electron chi connectivity index (χ0n) is 20.5. The summed E-state index contributed by atoms with van der Waals surface area (Å²) < 4.78 is 17.7. The first-order chi connectivity index (χ1) is 17.1. The maximum absolute atomic E-state index is 11.5. The van der Waals surface area contributed by atoms with Crippen LogP contribution in [0, 0.1) is 0 Å². The Labute approximate surface area is 207 Å². The van der Waals surface area contributed by atoms with Crippen molar-refractivity contribution in [1.82, 2.24) is 0 Å². The SMILES string of the molecule is C=C(C)C(=O)OCCCCCOc1ccc2ccccc2c1-c1c(OCC)ccc2ccccc12. The highest BCUT2D eigenvalue weighted by Gasteiger charge is 2.18. The lowest BCUT2D eigenvalue weighted by Crippen LogP contribution is -2.06. The summed E-state index contributed by atoms with van der Waals surface area (Å²) in [7, 11) is 0. The van der Waals surface area contributed by atoms with Crippen molar-refractivity contribution in [1.29, 1.82) is 0 Å². The van der Waals surface area contributed by atoms with Crippen LogP contribution < -0.4 is 9.47 Å². The van der Waals surface area contributed by atoms with E-state index in [0.29, 0.717) is 25.4 Å². The van der Waals surface area contributed by atoms with Gasteiger partial charge in [-0.2, -0.15) is 0 Å². The predicted molar refractivity (Wildman–Crippen MR) is 143 cm³/mol. The van der Waals surface area contributed by atoms with Gasteiger partial charge in [0.1, 0.15) is 11.5 Å². The molecule has 0 amide bonds. The molecule has 0 aliphatic heterocycles. The lowest BCUT2D eigenvalue weighted by molar-refractivity contribution is -0.139. The number of rotatable bonds is 11. The van der Waals surface area contributed by atoms with Gasteiger partial charge < -0.3 is 14.2 Å². The molecule has 4 rings (SSSR count). The highest BCUT2D eigenvalue weighted by Crippen LogP contribution is 2.45. The highest BCUT2D eigenvalue weighted by molar-refractivity contribution is 6.09. The van der Waals surface area contributed by atoms with Gasteiger partial charge in [0.05, 0.1) is 19.8 Å². The Morgan fingerprint density at radius 2 is 1.26 bits per heavy atom. The monoisotopic (exact) mass is 468 g/mol. The normalized spacial score (nSPS) is 10.9. The van der Waals surface area contributed by atoms with Gasteiger partial charge in [-0.05, 0) is 66.8 Å². The largest absolute Gasteiger partial charge is 0.493 e. The molecule has 4 heteroatoms. The van der Waals surface area contributed by atoms with E-state index in [1.54, 1.807) is 6.92 Å². The van der Waals surface area contributed by atoms with E-state index < -0.39 is 0 Å². The number of esters is 1. The Hall–Kier alpha value is -3.79. The van der Waals surface area contributed by atoms with Crippen LogP contribution in [-0.4, -0.2) is 25.8 Å². The van der Waals surface area contributed by atoms with Crippen LogP contribution >= 0.6 is 0 Å². The molecule has 0 saturated heterocycles. The van der Waals surface area contributed by atoms with Crippen molar-refractivity contribution in [2.24, 2.45) is 0 Å². The van der Waals surface area contributed by atoms with Crippen molar-refractivity contribution >= 4 is 27.5 Å². The Bertz CT molecular complexity index is 1340. The molecular weight excluding hydrogens is 436 g/mol. The summed E-state index contributed by atoms with van der Waals surface area (Å²) in [6, 6.07) is 25.1. The molecule has 0 spiro atoms.